The summed E-state index contributed by atoms with van der Waals surface area (Å²) in [7, 11) is 0. The van der Waals surface area contributed by atoms with E-state index in [1.165, 1.54) is 38.2 Å². The van der Waals surface area contributed by atoms with E-state index >= 15 is 0 Å². The summed E-state index contributed by atoms with van der Waals surface area (Å²) in [6.07, 6.45) is 9.15. The van der Waals surface area contributed by atoms with Crippen LogP contribution in [-0.2, 0) is 9.53 Å². The molecular weight excluding hydrogens is 224 g/mol. The number of carbonyl (C=O) groups excluding carboxylic acids is 1. The molecule has 0 aromatic heterocycles. The molecule has 1 spiro atoms. The van der Waals surface area contributed by atoms with Gasteiger partial charge in [-0.2, -0.15) is 0 Å². The van der Waals surface area contributed by atoms with E-state index in [0.29, 0.717) is 17.3 Å². The first kappa shape index (κ1) is 11.1. The fourth-order valence-corrected chi connectivity index (χ4v) is 6.39. The smallest absolute Gasteiger partial charge is 0.330 e. The van der Waals surface area contributed by atoms with Gasteiger partial charge >= 0.3 is 5.97 Å². The quantitative estimate of drug-likeness (QED) is 0.564. The van der Waals surface area contributed by atoms with Crippen molar-refractivity contribution in [2.24, 2.45) is 29.1 Å². The minimum absolute atomic E-state index is 0.142. The maximum atomic E-state index is 11.7. The SMILES string of the molecule is C=CC(=O)OC1(CC)C2CC3CC4CC1C4(C3)C2. The third-order valence-electron chi connectivity index (χ3n) is 6.85. The zero-order chi connectivity index (χ0) is 12.5. The molecule has 2 nitrogen and oxygen atoms in total. The van der Waals surface area contributed by atoms with Crippen molar-refractivity contribution >= 4 is 5.97 Å². The van der Waals surface area contributed by atoms with Crippen molar-refractivity contribution in [2.75, 3.05) is 0 Å². The van der Waals surface area contributed by atoms with E-state index in [2.05, 4.69) is 13.5 Å². The summed E-state index contributed by atoms with van der Waals surface area (Å²) in [6, 6.07) is 0. The monoisotopic (exact) mass is 246 g/mol. The summed E-state index contributed by atoms with van der Waals surface area (Å²) in [5, 5.41) is 0. The van der Waals surface area contributed by atoms with Crippen LogP contribution in [0.25, 0.3) is 0 Å². The highest BCUT2D eigenvalue weighted by molar-refractivity contribution is 5.81. The molecule has 0 saturated heterocycles. The van der Waals surface area contributed by atoms with Crippen LogP contribution in [0.15, 0.2) is 12.7 Å². The molecule has 0 N–H and O–H groups in total. The third kappa shape index (κ3) is 1.01. The van der Waals surface area contributed by atoms with Gasteiger partial charge in [-0.1, -0.05) is 13.5 Å². The van der Waals surface area contributed by atoms with Crippen molar-refractivity contribution in [2.45, 2.75) is 51.0 Å². The van der Waals surface area contributed by atoms with Gasteiger partial charge < -0.3 is 4.74 Å². The highest BCUT2D eigenvalue weighted by Gasteiger charge is 2.76. The molecule has 0 radical (unpaired) electrons. The Hall–Kier alpha value is -0.790. The van der Waals surface area contributed by atoms with Gasteiger partial charge in [0.15, 0.2) is 0 Å². The first-order chi connectivity index (χ1) is 8.64. The van der Waals surface area contributed by atoms with Gasteiger partial charge in [-0.15, -0.1) is 0 Å². The molecule has 4 saturated carbocycles. The predicted octanol–water partition coefficient (Wildman–Crippen LogP) is 3.32. The van der Waals surface area contributed by atoms with Gasteiger partial charge in [0.05, 0.1) is 0 Å². The number of fused-ring (bicyclic) bond motifs is 2. The Bertz CT molecular complexity index is 429. The summed E-state index contributed by atoms with van der Waals surface area (Å²) in [6.45, 7) is 5.77. The topological polar surface area (TPSA) is 26.3 Å². The molecule has 98 valence electrons. The maximum absolute atomic E-state index is 11.7. The summed E-state index contributed by atoms with van der Waals surface area (Å²) >= 11 is 0. The van der Waals surface area contributed by atoms with Gasteiger partial charge in [0.1, 0.15) is 5.60 Å². The standard InChI is InChI=1S/C16H22O2/c1-3-14(17)18-16(4-2)12-6-10-5-11-7-13(16)15(11,8-10)9-12/h3,10-13H,1,4-9H2,2H3. The summed E-state index contributed by atoms with van der Waals surface area (Å²) in [4.78, 5) is 11.7. The number of hydrogen-bond donors (Lipinski definition) is 0. The molecule has 0 amide bonds. The normalized spacial score (nSPS) is 54.9. The number of carbonyl (C=O) groups is 1. The number of ether oxygens (including phenoxy) is 1. The second-order valence-electron chi connectivity index (χ2n) is 7.09. The van der Waals surface area contributed by atoms with Crippen molar-refractivity contribution < 1.29 is 9.53 Å². The molecular formula is C16H22O2. The minimum Gasteiger partial charge on any atom is -0.455 e. The van der Waals surface area contributed by atoms with Crippen LogP contribution in [-0.4, -0.2) is 11.6 Å². The maximum Gasteiger partial charge on any atom is 0.330 e. The summed E-state index contributed by atoms with van der Waals surface area (Å²) in [5.74, 6) is 2.95. The molecule has 6 atom stereocenters. The Labute approximate surface area is 109 Å². The highest BCUT2D eigenvalue weighted by Crippen LogP contribution is 2.79. The molecule has 3 bridgehead atoms. The molecule has 4 fully saturated rings. The molecule has 0 aliphatic heterocycles. The van der Waals surface area contributed by atoms with Gasteiger partial charge in [-0.3, -0.25) is 0 Å². The molecule has 4 rings (SSSR count). The lowest BCUT2D eigenvalue weighted by Crippen LogP contribution is -2.53. The van der Waals surface area contributed by atoms with Crippen LogP contribution in [0, 0.1) is 29.1 Å². The Kier molecular flexibility index (Phi) is 1.97. The lowest BCUT2D eigenvalue weighted by molar-refractivity contribution is -0.179. The van der Waals surface area contributed by atoms with Crippen molar-refractivity contribution in [1.82, 2.24) is 0 Å². The fourth-order valence-electron chi connectivity index (χ4n) is 6.39. The first-order valence-corrected chi connectivity index (χ1v) is 7.50. The van der Waals surface area contributed by atoms with E-state index in [4.69, 9.17) is 4.74 Å². The van der Waals surface area contributed by atoms with Crippen molar-refractivity contribution in [3.63, 3.8) is 0 Å². The van der Waals surface area contributed by atoms with E-state index in [-0.39, 0.29) is 11.6 Å². The minimum atomic E-state index is -0.208. The van der Waals surface area contributed by atoms with Crippen molar-refractivity contribution in [3.05, 3.63) is 12.7 Å². The molecule has 0 aromatic carbocycles. The number of rotatable bonds is 3. The van der Waals surface area contributed by atoms with Crippen LogP contribution >= 0.6 is 0 Å². The zero-order valence-corrected chi connectivity index (χ0v) is 11.2. The molecule has 0 heterocycles. The fraction of sp³-hybridized carbons (Fsp3) is 0.812. The van der Waals surface area contributed by atoms with Gasteiger partial charge in [-0.25, -0.2) is 4.79 Å². The summed E-state index contributed by atoms with van der Waals surface area (Å²) in [5.41, 5.74) is 0.433. The van der Waals surface area contributed by atoms with Crippen molar-refractivity contribution in [3.8, 4) is 0 Å². The molecule has 6 unspecified atom stereocenters. The van der Waals surface area contributed by atoms with E-state index in [1.807, 2.05) is 0 Å². The van der Waals surface area contributed by atoms with Gasteiger partial charge in [0.2, 0.25) is 0 Å². The predicted molar refractivity (Wildman–Crippen MR) is 68.8 cm³/mol. The number of esters is 1. The Morgan fingerprint density at radius 3 is 2.83 bits per heavy atom. The second kappa shape index (κ2) is 3.20. The number of hydrogen-bond acceptors (Lipinski definition) is 2. The van der Waals surface area contributed by atoms with Gasteiger partial charge in [0, 0.05) is 12.0 Å². The van der Waals surface area contributed by atoms with Crippen LogP contribution in [0.3, 0.4) is 0 Å². The van der Waals surface area contributed by atoms with Gasteiger partial charge in [-0.05, 0) is 61.7 Å². The average Bonchev–Trinajstić information content (AvgIpc) is 2.65. The Balaban J connectivity index is 1.73. The lowest BCUT2D eigenvalue weighted by Gasteiger charge is -2.53. The molecule has 0 aromatic rings. The van der Waals surface area contributed by atoms with Crippen LogP contribution in [0.1, 0.15) is 45.4 Å². The van der Waals surface area contributed by atoms with E-state index in [9.17, 15) is 4.79 Å². The molecule has 4 aliphatic carbocycles. The largest absolute Gasteiger partial charge is 0.455 e. The van der Waals surface area contributed by atoms with Gasteiger partial charge in [0.25, 0.3) is 0 Å². The third-order valence-corrected chi connectivity index (χ3v) is 6.85. The van der Waals surface area contributed by atoms with E-state index < -0.39 is 0 Å². The molecule has 2 heteroatoms. The van der Waals surface area contributed by atoms with Crippen LogP contribution in [0.5, 0.6) is 0 Å². The summed E-state index contributed by atoms with van der Waals surface area (Å²) < 4.78 is 5.95. The highest BCUT2D eigenvalue weighted by atomic mass is 16.6. The van der Waals surface area contributed by atoms with E-state index in [0.717, 1.165) is 18.3 Å². The van der Waals surface area contributed by atoms with Crippen LogP contribution in [0.2, 0.25) is 0 Å². The molecule has 18 heavy (non-hydrogen) atoms. The Morgan fingerprint density at radius 2 is 2.11 bits per heavy atom. The zero-order valence-electron chi connectivity index (χ0n) is 11.2. The molecule has 4 aliphatic rings. The van der Waals surface area contributed by atoms with E-state index in [1.54, 1.807) is 0 Å². The van der Waals surface area contributed by atoms with Crippen molar-refractivity contribution in [1.29, 1.82) is 0 Å². The lowest BCUT2D eigenvalue weighted by atomic mass is 9.53. The second-order valence-corrected chi connectivity index (χ2v) is 7.09. The average molecular weight is 246 g/mol. The van der Waals surface area contributed by atoms with Crippen LogP contribution in [0.4, 0.5) is 0 Å². The van der Waals surface area contributed by atoms with Crippen LogP contribution < -0.4 is 0 Å². The first-order valence-electron chi connectivity index (χ1n) is 7.50. The Morgan fingerprint density at radius 1 is 1.33 bits per heavy atom.